The predicted octanol–water partition coefficient (Wildman–Crippen LogP) is 3.55. The highest BCUT2D eigenvalue weighted by Crippen LogP contribution is 2.25. The lowest BCUT2D eigenvalue weighted by atomic mass is 10.1. The van der Waals surface area contributed by atoms with Gasteiger partial charge in [0.05, 0.1) is 34.5 Å². The Morgan fingerprint density at radius 1 is 1.15 bits per heavy atom. The second-order valence-corrected chi connectivity index (χ2v) is 8.59. The quantitative estimate of drug-likeness (QED) is 0.240. The van der Waals surface area contributed by atoms with Crippen LogP contribution >= 0.6 is 11.8 Å². The van der Waals surface area contributed by atoms with Gasteiger partial charge in [0, 0.05) is 12.2 Å². The number of carbonyl (C=O) groups excluding carboxylic acids is 2. The average Bonchev–Trinajstić information content (AvgIpc) is 3.35. The third-order valence-electron chi connectivity index (χ3n) is 5.45. The van der Waals surface area contributed by atoms with Crippen molar-refractivity contribution in [2.24, 2.45) is 0 Å². The number of benzene rings is 1. The smallest absolute Gasteiger partial charge is 0.340 e. The molecule has 0 amide bonds. The molecule has 4 aromatic rings. The Labute approximate surface area is 194 Å². The molecule has 1 N–H and O–H groups in total. The van der Waals surface area contributed by atoms with Crippen LogP contribution in [0.2, 0.25) is 0 Å². The third-order valence-corrected chi connectivity index (χ3v) is 6.38. The Morgan fingerprint density at radius 2 is 1.91 bits per heavy atom. The average molecular weight is 468 g/mol. The largest absolute Gasteiger partial charge is 0.462 e. The molecule has 33 heavy (non-hydrogen) atoms. The molecule has 3 aromatic heterocycles. The Kier molecular flexibility index (Phi) is 6.37. The first kappa shape index (κ1) is 22.8. The molecule has 0 bridgehead atoms. The van der Waals surface area contributed by atoms with Crippen molar-refractivity contribution in [2.45, 2.75) is 45.8 Å². The van der Waals surface area contributed by atoms with Crippen molar-refractivity contribution in [3.8, 4) is 0 Å². The van der Waals surface area contributed by atoms with Gasteiger partial charge in [0.15, 0.2) is 10.9 Å². The van der Waals surface area contributed by atoms with Gasteiger partial charge in [-0.15, -0.1) is 10.2 Å². The van der Waals surface area contributed by atoms with Gasteiger partial charge >= 0.3 is 5.97 Å². The third kappa shape index (κ3) is 3.95. The van der Waals surface area contributed by atoms with Crippen LogP contribution in [-0.4, -0.2) is 48.3 Å². The van der Waals surface area contributed by atoms with Crippen LogP contribution in [0.3, 0.4) is 0 Å². The topological polar surface area (TPSA) is 111 Å². The lowest BCUT2D eigenvalue weighted by molar-refractivity contribution is 0.0525. The van der Waals surface area contributed by atoms with Gasteiger partial charge in [0.1, 0.15) is 0 Å². The van der Waals surface area contributed by atoms with Gasteiger partial charge in [-0.1, -0.05) is 30.8 Å². The number of aromatic nitrogens is 5. The molecule has 0 saturated carbocycles. The highest BCUT2D eigenvalue weighted by molar-refractivity contribution is 7.99. The number of carbonyl (C=O) groups is 2. The number of ether oxygens (including phenoxy) is 1. The van der Waals surface area contributed by atoms with Crippen LogP contribution in [0.25, 0.3) is 16.7 Å². The van der Waals surface area contributed by atoms with Crippen LogP contribution < -0.4 is 5.56 Å². The molecule has 3 heterocycles. The monoisotopic (exact) mass is 467 g/mol. The van der Waals surface area contributed by atoms with Crippen molar-refractivity contribution < 1.29 is 14.3 Å². The molecular formula is C23H25N5O4S. The standard InChI is InChI=1S/C23H25N5O4S/c1-5-11-27-20(30)15-9-7-8-10-16(15)28-22(27)25-26-23(28)33-12-17(29)19-13(3)18(14(4)24-19)21(31)32-6-2/h7-10,24H,5-6,11-12H2,1-4H3. The Morgan fingerprint density at radius 3 is 2.64 bits per heavy atom. The summed E-state index contributed by atoms with van der Waals surface area (Å²) in [6.07, 6.45) is 0.774. The summed E-state index contributed by atoms with van der Waals surface area (Å²) in [7, 11) is 0. The zero-order valence-corrected chi connectivity index (χ0v) is 19.8. The molecule has 172 valence electrons. The maximum absolute atomic E-state index is 13.0. The van der Waals surface area contributed by atoms with Crippen molar-refractivity contribution in [1.29, 1.82) is 0 Å². The van der Waals surface area contributed by atoms with Crippen LogP contribution in [0.5, 0.6) is 0 Å². The van der Waals surface area contributed by atoms with Gasteiger partial charge in [0.2, 0.25) is 5.78 Å². The second-order valence-electron chi connectivity index (χ2n) is 7.65. The number of thioether (sulfide) groups is 1. The van der Waals surface area contributed by atoms with Crippen LogP contribution in [0, 0.1) is 13.8 Å². The fourth-order valence-corrected chi connectivity index (χ4v) is 4.80. The highest BCUT2D eigenvalue weighted by Gasteiger charge is 2.24. The highest BCUT2D eigenvalue weighted by atomic mass is 32.2. The van der Waals surface area contributed by atoms with Crippen LogP contribution in [0.15, 0.2) is 34.2 Å². The van der Waals surface area contributed by atoms with Gasteiger partial charge in [-0.05, 0) is 44.9 Å². The summed E-state index contributed by atoms with van der Waals surface area (Å²) in [5, 5.41) is 9.62. The van der Waals surface area contributed by atoms with E-state index in [9.17, 15) is 14.4 Å². The minimum Gasteiger partial charge on any atom is -0.462 e. The van der Waals surface area contributed by atoms with Crippen molar-refractivity contribution in [2.75, 3.05) is 12.4 Å². The van der Waals surface area contributed by atoms with Gasteiger partial charge < -0.3 is 9.72 Å². The number of esters is 1. The number of aryl methyl sites for hydroxylation is 2. The maximum Gasteiger partial charge on any atom is 0.340 e. The summed E-state index contributed by atoms with van der Waals surface area (Å²) >= 11 is 1.24. The molecule has 0 aliphatic rings. The first-order valence-corrected chi connectivity index (χ1v) is 11.8. The van der Waals surface area contributed by atoms with Crippen LogP contribution in [0.1, 0.15) is 52.4 Å². The number of nitrogens with one attached hydrogen (secondary N) is 1. The van der Waals surface area contributed by atoms with Crippen LogP contribution in [-0.2, 0) is 11.3 Å². The Hall–Kier alpha value is -3.40. The van der Waals surface area contributed by atoms with E-state index in [1.807, 2.05) is 29.5 Å². The summed E-state index contributed by atoms with van der Waals surface area (Å²) in [5.41, 5.74) is 2.54. The molecule has 0 radical (unpaired) electrons. The first-order chi connectivity index (χ1) is 15.9. The maximum atomic E-state index is 13.0. The van der Waals surface area contributed by atoms with E-state index in [-0.39, 0.29) is 23.7 Å². The normalized spacial score (nSPS) is 11.4. The molecule has 0 fully saturated rings. The SMILES string of the molecule is CCCn1c(=O)c2ccccc2n2c(SCC(=O)c3[nH]c(C)c(C(=O)OCC)c3C)nnc12. The van der Waals surface area contributed by atoms with Crippen molar-refractivity contribution >= 4 is 40.2 Å². The van der Waals surface area contributed by atoms with Gasteiger partial charge in [-0.25, -0.2) is 4.79 Å². The molecule has 9 nitrogen and oxygen atoms in total. The van der Waals surface area contributed by atoms with E-state index < -0.39 is 5.97 Å². The van der Waals surface area contributed by atoms with E-state index in [0.717, 1.165) is 6.42 Å². The predicted molar refractivity (Wildman–Crippen MR) is 126 cm³/mol. The number of rotatable bonds is 8. The number of fused-ring (bicyclic) bond motifs is 3. The zero-order chi connectivity index (χ0) is 23.7. The van der Waals surface area contributed by atoms with E-state index in [2.05, 4.69) is 15.2 Å². The number of hydrogen-bond donors (Lipinski definition) is 1. The number of nitrogens with zero attached hydrogens (tertiary/aromatic N) is 4. The molecular weight excluding hydrogens is 442 g/mol. The lowest BCUT2D eigenvalue weighted by Crippen LogP contribution is -2.23. The number of Topliss-reactive ketones (excluding diaryl/α,β-unsaturated/α-hetero) is 1. The molecule has 0 saturated heterocycles. The molecule has 10 heteroatoms. The molecule has 4 rings (SSSR count). The number of H-pyrrole nitrogens is 1. The molecule has 0 unspecified atom stereocenters. The molecule has 0 aliphatic heterocycles. The minimum atomic E-state index is -0.445. The van der Waals surface area contributed by atoms with E-state index in [1.165, 1.54) is 11.8 Å². The van der Waals surface area contributed by atoms with Crippen LogP contribution in [0.4, 0.5) is 0 Å². The summed E-state index contributed by atoms with van der Waals surface area (Å²) in [6.45, 7) is 8.00. The number of aromatic amines is 1. The fraction of sp³-hybridized carbons (Fsp3) is 0.348. The number of para-hydroxylation sites is 1. The number of hydrogen-bond acceptors (Lipinski definition) is 7. The summed E-state index contributed by atoms with van der Waals surface area (Å²) in [5.74, 6) is -0.0733. The lowest BCUT2D eigenvalue weighted by Gasteiger charge is -2.10. The molecule has 0 atom stereocenters. The zero-order valence-electron chi connectivity index (χ0n) is 19.0. The molecule has 0 aliphatic carbocycles. The van der Waals surface area contributed by atoms with E-state index >= 15 is 0 Å². The summed E-state index contributed by atoms with van der Waals surface area (Å²) in [6, 6.07) is 7.31. The fourth-order valence-electron chi connectivity index (χ4n) is 3.99. The van der Waals surface area contributed by atoms with Gasteiger partial charge in [-0.2, -0.15) is 0 Å². The van der Waals surface area contributed by atoms with E-state index in [4.69, 9.17) is 4.74 Å². The minimum absolute atomic E-state index is 0.0884. The van der Waals surface area contributed by atoms with Crippen molar-refractivity contribution in [3.05, 3.63) is 57.1 Å². The molecule has 1 aromatic carbocycles. The summed E-state index contributed by atoms with van der Waals surface area (Å²) in [4.78, 5) is 41.2. The first-order valence-electron chi connectivity index (χ1n) is 10.8. The van der Waals surface area contributed by atoms with Gasteiger partial charge in [-0.3, -0.25) is 18.6 Å². The second kappa shape index (κ2) is 9.22. The number of ketones is 1. The van der Waals surface area contributed by atoms with Gasteiger partial charge in [0.25, 0.3) is 5.56 Å². The summed E-state index contributed by atoms with van der Waals surface area (Å²) < 4.78 is 8.54. The Balaban J connectivity index is 1.69. The Bertz CT molecular complexity index is 1430. The molecule has 0 spiro atoms. The van der Waals surface area contributed by atoms with Crippen molar-refractivity contribution in [1.82, 2.24) is 24.1 Å². The van der Waals surface area contributed by atoms with Crippen molar-refractivity contribution in [3.63, 3.8) is 0 Å². The van der Waals surface area contributed by atoms with E-state index in [1.54, 1.807) is 31.4 Å². The van der Waals surface area contributed by atoms with E-state index in [0.29, 0.717) is 50.9 Å².